The van der Waals surface area contributed by atoms with Gasteiger partial charge in [0, 0.05) is 19.6 Å². The van der Waals surface area contributed by atoms with Crippen LogP contribution in [0.1, 0.15) is 29.2 Å². The van der Waals surface area contributed by atoms with E-state index in [-0.39, 0.29) is 32.4 Å². The molecule has 5 nitrogen and oxygen atoms in total. The summed E-state index contributed by atoms with van der Waals surface area (Å²) in [7, 11) is 0. The number of benzene rings is 2. The third-order valence-corrected chi connectivity index (χ3v) is 6.21. The summed E-state index contributed by atoms with van der Waals surface area (Å²) in [5.41, 5.74) is 3.44. The van der Waals surface area contributed by atoms with Crippen molar-refractivity contribution in [1.29, 1.82) is 0 Å². The number of amides is 2. The van der Waals surface area contributed by atoms with Crippen LogP contribution >= 0.6 is 11.6 Å². The average molecular weight is 536 g/mol. The van der Waals surface area contributed by atoms with Crippen LogP contribution < -0.4 is 10.6 Å². The van der Waals surface area contributed by atoms with Gasteiger partial charge in [-0.1, -0.05) is 41.9 Å². The molecule has 0 saturated carbocycles. The number of fused-ring (bicyclic) bond motifs is 1. The minimum Gasteiger partial charge on any atom is -0.380 e. The van der Waals surface area contributed by atoms with Crippen LogP contribution in [0.2, 0.25) is 5.02 Å². The number of anilines is 1. The van der Waals surface area contributed by atoms with Crippen molar-refractivity contribution in [1.82, 2.24) is 10.2 Å². The first-order chi connectivity index (χ1) is 16.8. The Hall–Kier alpha value is -2.95. The highest BCUT2D eigenvalue weighted by atomic mass is 35.5. The van der Waals surface area contributed by atoms with Crippen LogP contribution in [0.5, 0.6) is 0 Å². The van der Waals surface area contributed by atoms with Gasteiger partial charge in [-0.15, -0.1) is 0 Å². The number of alkyl halides is 6. The molecule has 0 aliphatic carbocycles. The molecule has 2 N–H and O–H groups in total. The fourth-order valence-electron chi connectivity index (χ4n) is 3.89. The molecule has 2 amide bonds. The summed E-state index contributed by atoms with van der Waals surface area (Å²) < 4.78 is 76.3. The van der Waals surface area contributed by atoms with Crippen molar-refractivity contribution >= 4 is 29.1 Å². The quantitative estimate of drug-likeness (QED) is 0.509. The summed E-state index contributed by atoms with van der Waals surface area (Å²) >= 11 is 6.36. The minimum atomic E-state index is -4.93. The van der Waals surface area contributed by atoms with Gasteiger partial charge in [0.25, 0.3) is 0 Å². The van der Waals surface area contributed by atoms with Crippen molar-refractivity contribution < 1.29 is 35.9 Å². The van der Waals surface area contributed by atoms with Gasteiger partial charge in [-0.2, -0.15) is 26.3 Å². The van der Waals surface area contributed by atoms with E-state index >= 15 is 0 Å². The normalized spacial score (nSPS) is 15.1. The molecule has 12 heteroatoms. The summed E-state index contributed by atoms with van der Waals surface area (Å²) in [6.45, 7) is 1.03. The average Bonchev–Trinajstić information content (AvgIpc) is 3.00. The molecule has 0 spiro atoms. The number of carbonyl (C=O) groups is 2. The van der Waals surface area contributed by atoms with Crippen LogP contribution in [0.15, 0.2) is 36.4 Å². The monoisotopic (exact) mass is 535 g/mol. The van der Waals surface area contributed by atoms with E-state index in [1.807, 2.05) is 5.32 Å². The number of nitrogens with zero attached hydrogens (tertiary/aromatic N) is 1. The predicted molar refractivity (Wildman–Crippen MR) is 123 cm³/mol. The van der Waals surface area contributed by atoms with Crippen LogP contribution in [-0.2, 0) is 35.4 Å². The highest BCUT2D eigenvalue weighted by Gasteiger charge is 2.42. The lowest BCUT2D eigenvalue weighted by Gasteiger charge is -2.21. The highest BCUT2D eigenvalue weighted by molar-refractivity contribution is 6.33. The second-order valence-corrected chi connectivity index (χ2v) is 8.93. The van der Waals surface area contributed by atoms with E-state index in [2.05, 4.69) is 5.32 Å². The van der Waals surface area contributed by atoms with E-state index in [0.29, 0.717) is 22.8 Å². The van der Waals surface area contributed by atoms with E-state index in [1.54, 1.807) is 36.4 Å². The third-order valence-electron chi connectivity index (χ3n) is 5.90. The Morgan fingerprint density at radius 3 is 2.19 bits per heavy atom. The number of hydrogen-bond acceptors (Lipinski definition) is 3. The van der Waals surface area contributed by atoms with Crippen molar-refractivity contribution in [2.45, 2.75) is 51.1 Å². The van der Waals surface area contributed by atoms with Crippen LogP contribution in [-0.4, -0.2) is 48.2 Å². The molecule has 0 fully saturated rings. The predicted octanol–water partition coefficient (Wildman–Crippen LogP) is 5.05. The summed E-state index contributed by atoms with van der Waals surface area (Å²) in [5.74, 6) is -2.61. The summed E-state index contributed by atoms with van der Waals surface area (Å²) in [5, 5.41) is 5.50. The molecular formula is C24H24ClF6N3O2. The van der Waals surface area contributed by atoms with Gasteiger partial charge in [0.15, 0.2) is 0 Å². The van der Waals surface area contributed by atoms with Crippen molar-refractivity contribution in [2.24, 2.45) is 0 Å². The van der Waals surface area contributed by atoms with Gasteiger partial charge in [0.05, 0.1) is 17.1 Å². The van der Waals surface area contributed by atoms with Crippen molar-refractivity contribution in [3.8, 4) is 0 Å². The lowest BCUT2D eigenvalue weighted by molar-refractivity contribution is -0.185. The zero-order valence-corrected chi connectivity index (χ0v) is 19.9. The first kappa shape index (κ1) is 27.6. The van der Waals surface area contributed by atoms with Crippen LogP contribution in [0.3, 0.4) is 0 Å². The Balaban J connectivity index is 1.64. The third kappa shape index (κ3) is 7.05. The van der Waals surface area contributed by atoms with Crippen molar-refractivity contribution in [3.63, 3.8) is 0 Å². The Morgan fingerprint density at radius 2 is 1.58 bits per heavy atom. The van der Waals surface area contributed by atoms with Crippen LogP contribution in [0.4, 0.5) is 32.0 Å². The first-order valence-corrected chi connectivity index (χ1v) is 11.5. The van der Waals surface area contributed by atoms with Gasteiger partial charge in [-0.25, -0.2) is 0 Å². The maximum absolute atomic E-state index is 12.9. The maximum Gasteiger partial charge on any atom is 0.471 e. The highest BCUT2D eigenvalue weighted by Crippen LogP contribution is 2.33. The number of halogens is 7. The number of nitrogens with one attached hydrogen (secondary N) is 2. The Bertz CT molecular complexity index is 1100. The second-order valence-electron chi connectivity index (χ2n) is 8.53. The molecule has 1 unspecified atom stereocenters. The molecule has 0 aromatic heterocycles. The molecule has 2 aromatic carbocycles. The fraction of sp³-hybridized carbons (Fsp3) is 0.417. The van der Waals surface area contributed by atoms with Gasteiger partial charge in [-0.3, -0.25) is 9.59 Å². The molecule has 1 atom stereocenters. The van der Waals surface area contributed by atoms with E-state index in [4.69, 9.17) is 11.6 Å². The molecule has 1 heterocycles. The second kappa shape index (κ2) is 11.0. The molecule has 2 aromatic rings. The Morgan fingerprint density at radius 1 is 0.972 bits per heavy atom. The van der Waals surface area contributed by atoms with Gasteiger partial charge in [-0.05, 0) is 48.1 Å². The van der Waals surface area contributed by atoms with E-state index in [0.717, 1.165) is 28.5 Å². The smallest absolute Gasteiger partial charge is 0.380 e. The zero-order valence-electron chi connectivity index (χ0n) is 19.2. The lowest BCUT2D eigenvalue weighted by Crippen LogP contribution is -2.43. The number of rotatable bonds is 6. The standard InChI is InChI=1S/C24H24ClF6N3O2/c1-14(23(26,27)28)33-20(35)12-15-2-4-16(5-3-15)13-32-21-18-9-11-34(22(36)24(29,30)31)10-8-17(18)6-7-19(21)25/h2-7,14,32H,8-13H2,1H3,(H,33,35). The van der Waals surface area contributed by atoms with E-state index in [1.165, 1.54) is 0 Å². The van der Waals surface area contributed by atoms with Crippen molar-refractivity contribution in [3.05, 3.63) is 63.7 Å². The topological polar surface area (TPSA) is 61.4 Å². The number of hydrogen-bond donors (Lipinski definition) is 2. The minimum absolute atomic E-state index is 0.0524. The van der Waals surface area contributed by atoms with Gasteiger partial charge >= 0.3 is 18.3 Å². The summed E-state index contributed by atoms with van der Waals surface area (Å²) in [6, 6.07) is 8.12. The lowest BCUT2D eigenvalue weighted by atomic mass is 10.0. The van der Waals surface area contributed by atoms with E-state index < -0.39 is 30.2 Å². The van der Waals surface area contributed by atoms with E-state index in [9.17, 15) is 35.9 Å². The maximum atomic E-state index is 12.9. The molecule has 196 valence electrons. The molecule has 1 aliphatic heterocycles. The summed E-state index contributed by atoms with van der Waals surface area (Å²) in [4.78, 5) is 24.3. The molecular weight excluding hydrogens is 512 g/mol. The first-order valence-electron chi connectivity index (χ1n) is 11.1. The molecule has 0 radical (unpaired) electrons. The fourth-order valence-corrected chi connectivity index (χ4v) is 4.14. The molecule has 36 heavy (non-hydrogen) atoms. The molecule has 0 bridgehead atoms. The Labute approximate surface area is 208 Å². The van der Waals surface area contributed by atoms with Gasteiger partial charge < -0.3 is 15.5 Å². The van der Waals surface area contributed by atoms with Gasteiger partial charge in [0.2, 0.25) is 5.91 Å². The Kier molecular flexibility index (Phi) is 8.43. The van der Waals surface area contributed by atoms with Crippen LogP contribution in [0, 0.1) is 0 Å². The van der Waals surface area contributed by atoms with Crippen molar-refractivity contribution in [2.75, 3.05) is 18.4 Å². The summed E-state index contributed by atoms with van der Waals surface area (Å²) in [6.07, 6.45) is -9.20. The largest absolute Gasteiger partial charge is 0.471 e. The molecule has 1 aliphatic rings. The molecule has 3 rings (SSSR count). The SMILES string of the molecule is CC(NC(=O)Cc1ccc(CNc2c(Cl)ccc3c2CCN(C(=O)C(F)(F)F)CC3)cc1)C(F)(F)F. The van der Waals surface area contributed by atoms with Gasteiger partial charge in [0.1, 0.15) is 6.04 Å². The van der Waals surface area contributed by atoms with Crippen LogP contribution in [0.25, 0.3) is 0 Å². The zero-order chi connectivity index (χ0) is 26.7. The molecule has 0 saturated heterocycles. The number of carbonyl (C=O) groups excluding carboxylic acids is 2.